The summed E-state index contributed by atoms with van der Waals surface area (Å²) in [5, 5.41) is 3.18. The van der Waals surface area contributed by atoms with Gasteiger partial charge in [-0.15, -0.1) is 0 Å². The number of nitrogens with two attached hydrogens (primary N) is 1. The number of hydrogen-bond acceptors (Lipinski definition) is 3. The third-order valence-corrected chi connectivity index (χ3v) is 5.97. The first-order valence-corrected chi connectivity index (χ1v) is 10.8. The van der Waals surface area contributed by atoms with Gasteiger partial charge in [0, 0.05) is 6.54 Å². The number of benzene rings is 2. The minimum Gasteiger partial charge on any atom is -0.368 e. The molecule has 5 nitrogen and oxygen atoms in total. The number of nitrogens with one attached hydrogen (secondary N) is 1. The maximum Gasteiger partial charge on any atom is 0.235 e. The first-order chi connectivity index (χ1) is 14.3. The normalized spacial score (nSPS) is 17.6. The van der Waals surface area contributed by atoms with Gasteiger partial charge >= 0.3 is 0 Å². The zero-order chi connectivity index (χ0) is 21.8. The van der Waals surface area contributed by atoms with Crippen LogP contribution in [0.5, 0.6) is 0 Å². The second-order valence-electron chi connectivity index (χ2n) is 8.91. The molecule has 3 rings (SSSR count). The Hall–Kier alpha value is -2.66. The molecule has 0 saturated heterocycles. The molecular formula is C25H33N3O2. The minimum atomic E-state index is -0.464. The number of hydrogen-bond donors (Lipinski definition) is 2. The first kappa shape index (κ1) is 22.0. The van der Waals surface area contributed by atoms with Crippen LogP contribution in [-0.4, -0.2) is 29.3 Å². The van der Waals surface area contributed by atoms with Crippen molar-refractivity contribution in [2.24, 2.45) is 11.7 Å². The smallest absolute Gasteiger partial charge is 0.235 e. The summed E-state index contributed by atoms with van der Waals surface area (Å²) < 4.78 is 0. The Balaban J connectivity index is 1.72. The average molecular weight is 408 g/mol. The highest BCUT2D eigenvalue weighted by Gasteiger charge is 2.31. The molecule has 3 N–H and O–H groups in total. The molecule has 160 valence electrons. The first-order valence-electron chi connectivity index (χ1n) is 10.8. The molecule has 0 spiro atoms. The zero-order valence-electron chi connectivity index (χ0n) is 18.4. The highest BCUT2D eigenvalue weighted by atomic mass is 16.2. The highest BCUT2D eigenvalue weighted by molar-refractivity contribution is 5.83. The van der Waals surface area contributed by atoms with E-state index >= 15 is 0 Å². The Morgan fingerprint density at radius 3 is 2.17 bits per heavy atom. The van der Waals surface area contributed by atoms with Crippen molar-refractivity contribution in [3.05, 3.63) is 70.8 Å². The Morgan fingerprint density at radius 1 is 1.00 bits per heavy atom. The van der Waals surface area contributed by atoms with Gasteiger partial charge in [0.05, 0.1) is 18.6 Å². The molecule has 1 unspecified atom stereocenters. The fourth-order valence-electron chi connectivity index (χ4n) is 4.15. The van der Waals surface area contributed by atoms with Crippen LogP contribution < -0.4 is 11.1 Å². The SMILES string of the molecule is CC(C)c1ccc(C(NC(=O)CN2Cc3ccccc3C[C@H]2C(N)=O)C(C)C)cc1. The maximum absolute atomic E-state index is 12.9. The van der Waals surface area contributed by atoms with E-state index in [9.17, 15) is 9.59 Å². The highest BCUT2D eigenvalue weighted by Crippen LogP contribution is 2.25. The molecule has 0 aromatic heterocycles. The van der Waals surface area contributed by atoms with Crippen LogP contribution in [0.15, 0.2) is 48.5 Å². The molecule has 0 fully saturated rings. The Morgan fingerprint density at radius 2 is 1.60 bits per heavy atom. The van der Waals surface area contributed by atoms with Crippen LogP contribution in [0.1, 0.15) is 61.9 Å². The number of nitrogens with zero attached hydrogens (tertiary/aromatic N) is 1. The summed E-state index contributed by atoms with van der Waals surface area (Å²) in [4.78, 5) is 26.9. The van der Waals surface area contributed by atoms with E-state index in [0.717, 1.165) is 16.7 Å². The van der Waals surface area contributed by atoms with Crippen LogP contribution in [0.25, 0.3) is 0 Å². The van der Waals surface area contributed by atoms with Gasteiger partial charge in [0.1, 0.15) is 0 Å². The number of carbonyl (C=O) groups is 2. The van der Waals surface area contributed by atoms with E-state index in [1.54, 1.807) is 0 Å². The topological polar surface area (TPSA) is 75.4 Å². The summed E-state index contributed by atoms with van der Waals surface area (Å²) >= 11 is 0. The Labute approximate surface area is 179 Å². The molecule has 30 heavy (non-hydrogen) atoms. The Bertz CT molecular complexity index is 890. The van der Waals surface area contributed by atoms with Crippen molar-refractivity contribution in [1.29, 1.82) is 0 Å². The standard InChI is InChI=1S/C25H33N3O2/c1-16(2)18-9-11-19(12-10-18)24(17(3)4)27-23(29)15-28-14-21-8-6-5-7-20(21)13-22(28)25(26)30/h5-12,16-17,22,24H,13-15H2,1-4H3,(H2,26,30)(H,27,29)/t22-,24?/m0/s1. The van der Waals surface area contributed by atoms with E-state index in [4.69, 9.17) is 5.73 Å². The number of rotatable bonds is 7. The van der Waals surface area contributed by atoms with Crippen molar-refractivity contribution in [1.82, 2.24) is 10.2 Å². The second-order valence-corrected chi connectivity index (χ2v) is 8.91. The number of primary amides is 1. The Kier molecular flexibility index (Phi) is 6.93. The number of fused-ring (bicyclic) bond motifs is 1. The van der Waals surface area contributed by atoms with Gasteiger partial charge in [0.25, 0.3) is 0 Å². The minimum absolute atomic E-state index is 0.0807. The molecule has 0 saturated carbocycles. The molecule has 1 aliphatic rings. The van der Waals surface area contributed by atoms with Crippen molar-refractivity contribution in [3.8, 4) is 0 Å². The van der Waals surface area contributed by atoms with E-state index < -0.39 is 6.04 Å². The maximum atomic E-state index is 12.9. The lowest BCUT2D eigenvalue weighted by Crippen LogP contribution is -2.52. The molecule has 2 amide bonds. The van der Waals surface area contributed by atoms with E-state index in [0.29, 0.717) is 18.9 Å². The second kappa shape index (κ2) is 9.43. The third kappa shape index (κ3) is 5.08. The lowest BCUT2D eigenvalue weighted by atomic mass is 9.92. The molecule has 0 bridgehead atoms. The summed E-state index contributed by atoms with van der Waals surface area (Å²) in [6.07, 6.45) is 0.545. The van der Waals surface area contributed by atoms with E-state index in [2.05, 4.69) is 57.3 Å². The van der Waals surface area contributed by atoms with Crippen molar-refractivity contribution >= 4 is 11.8 Å². The zero-order valence-corrected chi connectivity index (χ0v) is 18.4. The molecule has 2 atom stereocenters. The van der Waals surface area contributed by atoms with E-state index in [-0.39, 0.29) is 30.3 Å². The van der Waals surface area contributed by atoms with Gasteiger partial charge in [-0.1, -0.05) is 76.2 Å². The largest absolute Gasteiger partial charge is 0.368 e. The van der Waals surface area contributed by atoms with Crippen molar-refractivity contribution < 1.29 is 9.59 Å². The number of carbonyl (C=O) groups excluding carboxylic acids is 2. The third-order valence-electron chi connectivity index (χ3n) is 5.97. The molecule has 1 aliphatic heterocycles. The van der Waals surface area contributed by atoms with Crippen LogP contribution in [0.4, 0.5) is 0 Å². The van der Waals surface area contributed by atoms with Crippen molar-refractivity contribution in [3.63, 3.8) is 0 Å². The summed E-state index contributed by atoms with van der Waals surface area (Å²) in [5.41, 5.74) is 10.3. The fourth-order valence-corrected chi connectivity index (χ4v) is 4.15. The van der Waals surface area contributed by atoms with Crippen LogP contribution in [-0.2, 0) is 22.6 Å². The predicted octanol–water partition coefficient (Wildman–Crippen LogP) is 3.54. The van der Waals surface area contributed by atoms with Gasteiger partial charge in [-0.3, -0.25) is 14.5 Å². The molecule has 0 aliphatic carbocycles. The molecule has 5 heteroatoms. The average Bonchev–Trinajstić information content (AvgIpc) is 2.71. The lowest BCUT2D eigenvalue weighted by molar-refractivity contribution is -0.128. The fraction of sp³-hybridized carbons (Fsp3) is 0.440. The molecule has 0 radical (unpaired) electrons. The van der Waals surface area contributed by atoms with Gasteiger partial charge in [0.2, 0.25) is 11.8 Å². The summed E-state index contributed by atoms with van der Waals surface area (Å²) in [6.45, 7) is 9.24. The van der Waals surface area contributed by atoms with Gasteiger partial charge in [0.15, 0.2) is 0 Å². The summed E-state index contributed by atoms with van der Waals surface area (Å²) in [7, 11) is 0. The monoisotopic (exact) mass is 407 g/mol. The van der Waals surface area contributed by atoms with Crippen LogP contribution >= 0.6 is 0 Å². The molecular weight excluding hydrogens is 374 g/mol. The predicted molar refractivity (Wildman–Crippen MR) is 120 cm³/mol. The van der Waals surface area contributed by atoms with E-state index in [1.165, 1.54) is 5.56 Å². The van der Waals surface area contributed by atoms with Gasteiger partial charge < -0.3 is 11.1 Å². The van der Waals surface area contributed by atoms with E-state index in [1.807, 2.05) is 29.2 Å². The van der Waals surface area contributed by atoms with Gasteiger partial charge in [-0.25, -0.2) is 0 Å². The van der Waals surface area contributed by atoms with Crippen LogP contribution in [0.2, 0.25) is 0 Å². The van der Waals surface area contributed by atoms with Crippen molar-refractivity contribution in [2.45, 2.75) is 58.7 Å². The molecule has 2 aromatic carbocycles. The summed E-state index contributed by atoms with van der Waals surface area (Å²) in [5.74, 6) is 0.237. The number of amides is 2. The summed E-state index contributed by atoms with van der Waals surface area (Å²) in [6, 6.07) is 15.9. The van der Waals surface area contributed by atoms with Gasteiger partial charge in [-0.2, -0.15) is 0 Å². The van der Waals surface area contributed by atoms with Gasteiger partial charge in [-0.05, 0) is 40.5 Å². The lowest BCUT2D eigenvalue weighted by Gasteiger charge is -2.35. The van der Waals surface area contributed by atoms with Crippen LogP contribution in [0.3, 0.4) is 0 Å². The van der Waals surface area contributed by atoms with Crippen LogP contribution in [0, 0.1) is 5.92 Å². The molecule has 2 aromatic rings. The molecule has 1 heterocycles. The quantitative estimate of drug-likeness (QED) is 0.737. The van der Waals surface area contributed by atoms with Crippen molar-refractivity contribution in [2.75, 3.05) is 6.54 Å².